The molecular weight excluding hydrogens is 398 g/mol. The fraction of sp³-hybridized carbons (Fsp3) is 0.435. The predicted molar refractivity (Wildman–Crippen MR) is 118 cm³/mol. The number of carbonyl (C=O) groups is 1. The van der Waals surface area contributed by atoms with Crippen LogP contribution in [-0.4, -0.2) is 55.8 Å². The van der Waals surface area contributed by atoms with Crippen molar-refractivity contribution in [2.75, 3.05) is 31.5 Å². The Morgan fingerprint density at radius 1 is 0.933 bits per heavy atom. The number of piperazine rings is 1. The highest BCUT2D eigenvalue weighted by Crippen LogP contribution is 2.28. The van der Waals surface area contributed by atoms with Gasteiger partial charge in [0, 0.05) is 31.9 Å². The predicted octanol–water partition coefficient (Wildman–Crippen LogP) is 2.90. The molecule has 1 amide bonds. The van der Waals surface area contributed by atoms with Crippen LogP contribution in [0.1, 0.15) is 30.9 Å². The number of nitrogens with one attached hydrogen (secondary N) is 1. The number of carbonyl (C=O) groups excluding carboxylic acids is 1. The number of hydrogen-bond donors (Lipinski definition) is 1. The Balaban J connectivity index is 1.38. The SMILES string of the molecule is CC(Nc1cccc2c1CCCC2)C(=O)N1CCN(S(=O)(=O)c2ccccc2)CC1. The van der Waals surface area contributed by atoms with E-state index in [9.17, 15) is 13.2 Å². The van der Waals surface area contributed by atoms with Crippen molar-refractivity contribution in [1.82, 2.24) is 9.21 Å². The number of rotatable bonds is 5. The van der Waals surface area contributed by atoms with E-state index in [1.54, 1.807) is 35.2 Å². The summed E-state index contributed by atoms with van der Waals surface area (Å²) < 4.78 is 27.0. The molecule has 1 N–H and O–H groups in total. The second-order valence-electron chi connectivity index (χ2n) is 8.06. The van der Waals surface area contributed by atoms with Gasteiger partial charge in [-0.15, -0.1) is 0 Å². The molecule has 4 rings (SSSR count). The smallest absolute Gasteiger partial charge is 0.244 e. The van der Waals surface area contributed by atoms with E-state index in [1.807, 2.05) is 6.92 Å². The largest absolute Gasteiger partial charge is 0.374 e. The summed E-state index contributed by atoms with van der Waals surface area (Å²) in [7, 11) is -3.51. The lowest BCUT2D eigenvalue weighted by Crippen LogP contribution is -2.53. The summed E-state index contributed by atoms with van der Waals surface area (Å²) >= 11 is 0. The molecule has 1 heterocycles. The summed E-state index contributed by atoms with van der Waals surface area (Å²) in [6.45, 7) is 3.33. The van der Waals surface area contributed by atoms with Crippen LogP contribution in [0.15, 0.2) is 53.4 Å². The van der Waals surface area contributed by atoms with Crippen molar-refractivity contribution in [3.05, 3.63) is 59.7 Å². The van der Waals surface area contributed by atoms with Crippen molar-refractivity contribution >= 4 is 21.6 Å². The molecule has 1 atom stereocenters. The van der Waals surface area contributed by atoms with Crippen LogP contribution in [0.4, 0.5) is 5.69 Å². The van der Waals surface area contributed by atoms with Gasteiger partial charge in [0.1, 0.15) is 6.04 Å². The number of sulfonamides is 1. The molecule has 2 aliphatic rings. The second kappa shape index (κ2) is 8.78. The number of fused-ring (bicyclic) bond motifs is 1. The van der Waals surface area contributed by atoms with Crippen LogP contribution >= 0.6 is 0 Å². The first-order chi connectivity index (χ1) is 14.5. The number of nitrogens with zero attached hydrogens (tertiary/aromatic N) is 2. The Labute approximate surface area is 178 Å². The molecule has 1 saturated heterocycles. The Bertz CT molecular complexity index is 1000. The van der Waals surface area contributed by atoms with Crippen molar-refractivity contribution in [3.8, 4) is 0 Å². The molecule has 2 aromatic carbocycles. The van der Waals surface area contributed by atoms with Crippen LogP contribution in [0, 0.1) is 0 Å². The molecule has 160 valence electrons. The highest BCUT2D eigenvalue weighted by atomic mass is 32.2. The van der Waals surface area contributed by atoms with Gasteiger partial charge in [-0.3, -0.25) is 4.79 Å². The molecule has 1 aliphatic heterocycles. The van der Waals surface area contributed by atoms with Crippen molar-refractivity contribution in [2.45, 2.75) is 43.5 Å². The molecule has 2 aromatic rings. The normalized spacial score (nSPS) is 18.5. The van der Waals surface area contributed by atoms with Crippen molar-refractivity contribution in [3.63, 3.8) is 0 Å². The summed E-state index contributed by atoms with van der Waals surface area (Å²) in [5, 5.41) is 3.41. The average Bonchev–Trinajstić information content (AvgIpc) is 2.79. The van der Waals surface area contributed by atoms with E-state index in [2.05, 4.69) is 23.5 Å². The number of anilines is 1. The first-order valence-electron chi connectivity index (χ1n) is 10.7. The van der Waals surface area contributed by atoms with Gasteiger partial charge >= 0.3 is 0 Å². The summed E-state index contributed by atoms with van der Waals surface area (Å²) in [4.78, 5) is 15.1. The van der Waals surface area contributed by atoms with E-state index in [0.717, 1.165) is 18.5 Å². The molecule has 0 bridgehead atoms. The van der Waals surface area contributed by atoms with Gasteiger partial charge in [0.2, 0.25) is 15.9 Å². The summed E-state index contributed by atoms with van der Waals surface area (Å²) in [5.74, 6) is 0.0140. The Morgan fingerprint density at radius 2 is 1.63 bits per heavy atom. The van der Waals surface area contributed by atoms with Crippen LogP contribution in [0.5, 0.6) is 0 Å². The maximum Gasteiger partial charge on any atom is 0.244 e. The molecule has 30 heavy (non-hydrogen) atoms. The van der Waals surface area contributed by atoms with E-state index in [1.165, 1.54) is 28.3 Å². The Hall–Kier alpha value is -2.38. The van der Waals surface area contributed by atoms with Gasteiger partial charge in [-0.1, -0.05) is 30.3 Å². The zero-order chi connectivity index (χ0) is 21.1. The summed E-state index contributed by atoms with van der Waals surface area (Å²) in [6, 6.07) is 14.4. The molecule has 1 fully saturated rings. The summed E-state index contributed by atoms with van der Waals surface area (Å²) in [5.41, 5.74) is 3.77. The van der Waals surface area contributed by atoms with Crippen LogP contribution < -0.4 is 5.32 Å². The van der Waals surface area contributed by atoms with Crippen molar-refractivity contribution < 1.29 is 13.2 Å². The molecule has 6 nitrogen and oxygen atoms in total. The molecule has 1 unspecified atom stereocenters. The van der Waals surface area contributed by atoms with Gasteiger partial charge in [0.15, 0.2) is 0 Å². The Morgan fingerprint density at radius 3 is 2.37 bits per heavy atom. The topological polar surface area (TPSA) is 69.7 Å². The minimum absolute atomic E-state index is 0.0140. The first kappa shape index (κ1) is 20.9. The highest BCUT2D eigenvalue weighted by molar-refractivity contribution is 7.89. The number of aryl methyl sites for hydroxylation is 1. The molecular formula is C23H29N3O3S. The minimum atomic E-state index is -3.51. The van der Waals surface area contributed by atoms with E-state index in [0.29, 0.717) is 31.1 Å². The van der Waals surface area contributed by atoms with Crippen LogP contribution in [0.2, 0.25) is 0 Å². The van der Waals surface area contributed by atoms with Gasteiger partial charge in [0.25, 0.3) is 0 Å². The number of benzene rings is 2. The zero-order valence-corrected chi connectivity index (χ0v) is 18.2. The van der Waals surface area contributed by atoms with Crippen LogP contribution in [0.25, 0.3) is 0 Å². The second-order valence-corrected chi connectivity index (χ2v) is 10.00. The summed E-state index contributed by atoms with van der Waals surface area (Å²) in [6.07, 6.45) is 4.56. The van der Waals surface area contributed by atoms with Gasteiger partial charge in [-0.05, 0) is 61.9 Å². The van der Waals surface area contributed by atoms with E-state index >= 15 is 0 Å². The third kappa shape index (κ3) is 4.23. The minimum Gasteiger partial charge on any atom is -0.374 e. The van der Waals surface area contributed by atoms with Gasteiger partial charge in [-0.25, -0.2) is 8.42 Å². The molecule has 1 aliphatic carbocycles. The van der Waals surface area contributed by atoms with Crippen molar-refractivity contribution in [1.29, 1.82) is 0 Å². The number of amides is 1. The quantitative estimate of drug-likeness (QED) is 0.797. The van der Waals surface area contributed by atoms with Crippen LogP contribution in [0.3, 0.4) is 0 Å². The maximum atomic E-state index is 13.0. The third-order valence-corrected chi connectivity index (χ3v) is 7.98. The maximum absolute atomic E-state index is 13.0. The lowest BCUT2D eigenvalue weighted by molar-refractivity contribution is -0.132. The van der Waals surface area contributed by atoms with E-state index < -0.39 is 10.0 Å². The molecule has 0 radical (unpaired) electrons. The van der Waals surface area contributed by atoms with E-state index in [4.69, 9.17) is 0 Å². The molecule has 0 aromatic heterocycles. The van der Waals surface area contributed by atoms with Crippen molar-refractivity contribution in [2.24, 2.45) is 0 Å². The Kier molecular flexibility index (Phi) is 6.11. The fourth-order valence-electron chi connectivity index (χ4n) is 4.38. The monoisotopic (exact) mass is 427 g/mol. The molecule has 0 spiro atoms. The average molecular weight is 428 g/mol. The van der Waals surface area contributed by atoms with Gasteiger partial charge < -0.3 is 10.2 Å². The standard InChI is InChI=1S/C23H29N3O3S/c1-18(24-22-13-7-9-19-8-5-6-12-21(19)22)23(27)25-14-16-26(17-15-25)30(28,29)20-10-3-2-4-11-20/h2-4,7,9-11,13,18,24H,5-6,8,12,14-17H2,1H3. The van der Waals surface area contributed by atoms with Crippen LogP contribution in [-0.2, 0) is 27.7 Å². The molecule has 7 heteroatoms. The lowest BCUT2D eigenvalue weighted by Gasteiger charge is -2.35. The first-order valence-corrected chi connectivity index (χ1v) is 12.1. The lowest BCUT2D eigenvalue weighted by atomic mass is 9.90. The van der Waals surface area contributed by atoms with Gasteiger partial charge in [-0.2, -0.15) is 4.31 Å². The van der Waals surface area contributed by atoms with Gasteiger partial charge in [0.05, 0.1) is 4.90 Å². The third-order valence-electron chi connectivity index (χ3n) is 6.07. The fourth-order valence-corrected chi connectivity index (χ4v) is 5.82. The highest BCUT2D eigenvalue weighted by Gasteiger charge is 2.31. The van der Waals surface area contributed by atoms with E-state index in [-0.39, 0.29) is 11.9 Å². The zero-order valence-electron chi connectivity index (χ0n) is 17.4. The molecule has 0 saturated carbocycles. The number of hydrogen-bond acceptors (Lipinski definition) is 4.